The molecule has 2 aromatic carbocycles. The van der Waals surface area contributed by atoms with Gasteiger partial charge in [0.1, 0.15) is 5.75 Å². The second-order valence-electron chi connectivity index (χ2n) is 7.65. The minimum Gasteiger partial charge on any atom is -0.482 e. The van der Waals surface area contributed by atoms with Crippen LogP contribution in [0.15, 0.2) is 42.5 Å². The monoisotopic (exact) mass is 431 g/mol. The Balaban J connectivity index is 1.63. The van der Waals surface area contributed by atoms with E-state index in [-0.39, 0.29) is 24.7 Å². The summed E-state index contributed by atoms with van der Waals surface area (Å²) in [4.78, 5) is 11.5. The summed E-state index contributed by atoms with van der Waals surface area (Å²) in [5.74, 6) is 0.309. The third kappa shape index (κ3) is 5.97. The van der Waals surface area contributed by atoms with Crippen molar-refractivity contribution < 1.29 is 19.4 Å². The van der Waals surface area contributed by atoms with E-state index in [0.717, 1.165) is 31.2 Å². The number of aliphatic hydroxyl groups excluding tert-OH is 1. The highest BCUT2D eigenvalue weighted by Crippen LogP contribution is 2.28. The minimum absolute atomic E-state index is 0.0572. The Morgan fingerprint density at radius 3 is 2.80 bits per heavy atom. The molecule has 0 bridgehead atoms. The van der Waals surface area contributed by atoms with E-state index in [1.165, 1.54) is 11.1 Å². The van der Waals surface area contributed by atoms with E-state index in [2.05, 4.69) is 18.3 Å². The maximum absolute atomic E-state index is 11.5. The lowest BCUT2D eigenvalue weighted by atomic mass is 9.87. The summed E-state index contributed by atoms with van der Waals surface area (Å²) in [6.07, 6.45) is 3.02. The van der Waals surface area contributed by atoms with E-state index < -0.39 is 6.10 Å². The molecule has 30 heavy (non-hydrogen) atoms. The third-order valence-corrected chi connectivity index (χ3v) is 5.76. The van der Waals surface area contributed by atoms with Crippen LogP contribution < -0.4 is 10.1 Å². The Kier molecular flexibility index (Phi) is 8.14. The molecule has 162 valence electrons. The summed E-state index contributed by atoms with van der Waals surface area (Å²) in [6.45, 7) is 4.11. The number of fused-ring (bicyclic) bond motifs is 1. The van der Waals surface area contributed by atoms with E-state index in [1.807, 2.05) is 36.4 Å². The van der Waals surface area contributed by atoms with Crippen molar-refractivity contribution in [2.24, 2.45) is 0 Å². The van der Waals surface area contributed by atoms with Crippen molar-refractivity contribution in [3.05, 3.63) is 64.2 Å². The number of halogens is 1. The number of aliphatic hydroxyl groups is 1. The van der Waals surface area contributed by atoms with Crippen LogP contribution in [0.25, 0.3) is 0 Å². The molecule has 2 aromatic rings. The number of ether oxygens (including phenoxy) is 2. The molecule has 0 heterocycles. The highest BCUT2D eigenvalue weighted by atomic mass is 35.5. The second kappa shape index (κ2) is 10.8. The van der Waals surface area contributed by atoms with Gasteiger partial charge in [-0.05, 0) is 73.6 Å². The van der Waals surface area contributed by atoms with Crippen molar-refractivity contribution in [3.8, 4) is 5.75 Å². The normalized spacial score (nSPS) is 17.7. The number of carbonyl (C=O) groups is 1. The van der Waals surface area contributed by atoms with Gasteiger partial charge >= 0.3 is 5.97 Å². The number of carbonyl (C=O) groups excluding carboxylic acids is 1. The summed E-state index contributed by atoms with van der Waals surface area (Å²) in [5, 5.41) is 15.1. The number of aryl methyl sites for hydroxylation is 1. The van der Waals surface area contributed by atoms with Gasteiger partial charge in [-0.3, -0.25) is 0 Å². The van der Waals surface area contributed by atoms with Crippen LogP contribution in [0.2, 0.25) is 5.02 Å². The van der Waals surface area contributed by atoms with Crippen LogP contribution in [0.1, 0.15) is 49.5 Å². The zero-order chi connectivity index (χ0) is 21.5. The van der Waals surface area contributed by atoms with Gasteiger partial charge in [0.05, 0.1) is 12.7 Å². The molecule has 0 aliphatic heterocycles. The van der Waals surface area contributed by atoms with E-state index in [4.69, 9.17) is 21.1 Å². The standard InChI is InChI=1S/C24H30ClNO4/c1-3-22(24(28)17-6-5-7-19(25)12-17)26-20-10-8-16-9-11-21(14-18(16)13-20)30-15-23(27)29-4-2/h5-7,9,11-12,14,20,22,24,26,28H,3-4,8,10,13,15H2,1-2H3/t20?,22?,24-/m0/s1. The first kappa shape index (κ1) is 22.6. The maximum atomic E-state index is 11.5. The van der Waals surface area contributed by atoms with E-state index in [1.54, 1.807) is 6.92 Å². The number of rotatable bonds is 9. The quantitative estimate of drug-likeness (QED) is 0.581. The van der Waals surface area contributed by atoms with Gasteiger partial charge in [-0.2, -0.15) is 0 Å². The fourth-order valence-electron chi connectivity index (χ4n) is 3.97. The molecule has 0 aromatic heterocycles. The van der Waals surface area contributed by atoms with Crippen LogP contribution >= 0.6 is 11.6 Å². The van der Waals surface area contributed by atoms with Crippen molar-refractivity contribution in [2.45, 2.75) is 57.7 Å². The molecule has 0 radical (unpaired) electrons. The molecule has 6 heteroatoms. The van der Waals surface area contributed by atoms with Crippen molar-refractivity contribution in [1.82, 2.24) is 5.32 Å². The molecular formula is C24H30ClNO4. The molecular weight excluding hydrogens is 402 g/mol. The van der Waals surface area contributed by atoms with Crippen LogP contribution in [-0.2, 0) is 22.4 Å². The lowest BCUT2D eigenvalue weighted by molar-refractivity contribution is -0.145. The van der Waals surface area contributed by atoms with Gasteiger partial charge in [-0.25, -0.2) is 4.79 Å². The summed E-state index contributed by atoms with van der Waals surface area (Å²) in [7, 11) is 0. The Hall–Kier alpha value is -2.08. The third-order valence-electron chi connectivity index (χ3n) is 5.53. The lowest BCUT2D eigenvalue weighted by Crippen LogP contribution is -2.44. The van der Waals surface area contributed by atoms with Crippen LogP contribution in [-0.4, -0.2) is 36.4 Å². The first-order valence-electron chi connectivity index (χ1n) is 10.6. The van der Waals surface area contributed by atoms with Crippen molar-refractivity contribution in [1.29, 1.82) is 0 Å². The number of nitrogens with one attached hydrogen (secondary N) is 1. The molecule has 0 saturated heterocycles. The SMILES string of the molecule is CCOC(=O)COc1ccc2c(c1)CC(NC(CC)[C@@H](O)c1cccc(Cl)c1)CC2. The molecule has 2 N–H and O–H groups in total. The van der Waals surface area contributed by atoms with Crippen LogP contribution in [0.4, 0.5) is 0 Å². The summed E-state index contributed by atoms with van der Waals surface area (Å²) in [6, 6.07) is 13.6. The predicted octanol–water partition coefficient (Wildman–Crippen LogP) is 4.24. The summed E-state index contributed by atoms with van der Waals surface area (Å²) < 4.78 is 10.5. The van der Waals surface area contributed by atoms with E-state index in [9.17, 15) is 9.90 Å². The molecule has 5 nitrogen and oxygen atoms in total. The molecule has 3 atom stereocenters. The van der Waals surface area contributed by atoms with Gasteiger partial charge in [0.2, 0.25) is 0 Å². The summed E-state index contributed by atoms with van der Waals surface area (Å²) in [5.41, 5.74) is 3.35. The van der Waals surface area contributed by atoms with Gasteiger partial charge in [0.25, 0.3) is 0 Å². The van der Waals surface area contributed by atoms with Crippen LogP contribution in [0, 0.1) is 0 Å². The lowest BCUT2D eigenvalue weighted by Gasteiger charge is -2.32. The van der Waals surface area contributed by atoms with Gasteiger partial charge in [0.15, 0.2) is 6.61 Å². The fraction of sp³-hybridized carbons (Fsp3) is 0.458. The van der Waals surface area contributed by atoms with Gasteiger partial charge in [-0.15, -0.1) is 0 Å². The Morgan fingerprint density at radius 1 is 1.23 bits per heavy atom. The Labute approximate surface area is 183 Å². The smallest absolute Gasteiger partial charge is 0.344 e. The molecule has 0 amide bonds. The van der Waals surface area contributed by atoms with Crippen molar-refractivity contribution >= 4 is 17.6 Å². The summed E-state index contributed by atoms with van der Waals surface area (Å²) >= 11 is 6.09. The highest BCUT2D eigenvalue weighted by molar-refractivity contribution is 6.30. The Bertz CT molecular complexity index is 857. The van der Waals surface area contributed by atoms with Crippen LogP contribution in [0.5, 0.6) is 5.75 Å². The molecule has 0 saturated carbocycles. The molecule has 1 aliphatic rings. The van der Waals surface area contributed by atoms with Crippen molar-refractivity contribution in [3.63, 3.8) is 0 Å². The average molecular weight is 432 g/mol. The predicted molar refractivity (Wildman–Crippen MR) is 118 cm³/mol. The minimum atomic E-state index is -0.616. The van der Waals surface area contributed by atoms with Crippen molar-refractivity contribution in [2.75, 3.05) is 13.2 Å². The average Bonchev–Trinajstić information content (AvgIpc) is 2.75. The number of benzene rings is 2. The van der Waals surface area contributed by atoms with Gasteiger partial charge in [-0.1, -0.05) is 36.7 Å². The highest BCUT2D eigenvalue weighted by Gasteiger charge is 2.25. The second-order valence-corrected chi connectivity index (χ2v) is 8.08. The largest absolute Gasteiger partial charge is 0.482 e. The first-order chi connectivity index (χ1) is 14.5. The maximum Gasteiger partial charge on any atom is 0.344 e. The Morgan fingerprint density at radius 2 is 2.07 bits per heavy atom. The molecule has 0 fully saturated rings. The molecule has 1 aliphatic carbocycles. The molecule has 2 unspecified atom stereocenters. The zero-order valence-corrected chi connectivity index (χ0v) is 18.3. The van der Waals surface area contributed by atoms with Crippen LogP contribution in [0.3, 0.4) is 0 Å². The first-order valence-corrected chi connectivity index (χ1v) is 11.0. The number of esters is 1. The fourth-order valence-corrected chi connectivity index (χ4v) is 4.17. The van der Waals surface area contributed by atoms with Gasteiger partial charge < -0.3 is 19.9 Å². The molecule has 3 rings (SSSR count). The van der Waals surface area contributed by atoms with E-state index >= 15 is 0 Å². The topological polar surface area (TPSA) is 67.8 Å². The number of hydrogen-bond donors (Lipinski definition) is 2. The zero-order valence-electron chi connectivity index (χ0n) is 17.6. The number of hydrogen-bond acceptors (Lipinski definition) is 5. The van der Waals surface area contributed by atoms with E-state index in [0.29, 0.717) is 17.4 Å². The van der Waals surface area contributed by atoms with Gasteiger partial charge in [0, 0.05) is 17.1 Å². The molecule has 0 spiro atoms.